The second kappa shape index (κ2) is 4.24. The van der Waals surface area contributed by atoms with E-state index in [0.29, 0.717) is 0 Å². The Morgan fingerprint density at radius 1 is 1.33 bits per heavy atom. The van der Waals surface area contributed by atoms with Crippen LogP contribution in [0, 0.1) is 0 Å². The summed E-state index contributed by atoms with van der Waals surface area (Å²) in [6, 6.07) is 8.11. The van der Waals surface area contributed by atoms with Crippen LogP contribution in [-0.4, -0.2) is 24.2 Å². The first-order chi connectivity index (χ1) is 7.18. The van der Waals surface area contributed by atoms with Gasteiger partial charge in [-0.1, -0.05) is 6.07 Å². The van der Waals surface area contributed by atoms with Gasteiger partial charge in [-0.05, 0) is 35.3 Å². The van der Waals surface area contributed by atoms with E-state index in [-0.39, 0.29) is 5.24 Å². The predicted octanol–water partition coefficient (Wildman–Crippen LogP) is 3.68. The second-order valence-electron chi connectivity index (χ2n) is 3.35. The highest BCUT2D eigenvalue weighted by atomic mass is 32.2. The van der Waals surface area contributed by atoms with Crippen LogP contribution >= 0.6 is 23.1 Å². The largest absolute Gasteiger partial charge is 0.339 e. The first-order valence-corrected chi connectivity index (χ1v) is 6.23. The number of carbonyl (C=O) groups is 1. The smallest absolute Gasteiger partial charge is 0.285 e. The fraction of sp³-hybridized carbons (Fsp3) is 0.182. The average Bonchev–Trinajstić information content (AvgIpc) is 2.66. The molecule has 0 aliphatic carbocycles. The summed E-state index contributed by atoms with van der Waals surface area (Å²) < 4.78 is 1.23. The van der Waals surface area contributed by atoms with Crippen LogP contribution in [0.3, 0.4) is 0 Å². The fourth-order valence-electron chi connectivity index (χ4n) is 1.24. The normalized spacial score (nSPS) is 10.5. The van der Waals surface area contributed by atoms with Crippen molar-refractivity contribution < 1.29 is 4.79 Å². The molecule has 0 N–H and O–H groups in total. The number of fused-ring (bicyclic) bond motifs is 1. The van der Waals surface area contributed by atoms with Crippen LogP contribution in [0.25, 0.3) is 10.1 Å². The van der Waals surface area contributed by atoms with E-state index in [1.165, 1.54) is 21.8 Å². The molecule has 4 heteroatoms. The molecule has 0 bridgehead atoms. The highest BCUT2D eigenvalue weighted by Crippen LogP contribution is 2.31. The predicted molar refractivity (Wildman–Crippen MR) is 66.8 cm³/mol. The first-order valence-electron chi connectivity index (χ1n) is 4.54. The van der Waals surface area contributed by atoms with Crippen molar-refractivity contribution in [2.45, 2.75) is 4.90 Å². The molecule has 0 unspecified atom stereocenters. The Kier molecular flexibility index (Phi) is 2.98. The minimum absolute atomic E-state index is 0.0636. The van der Waals surface area contributed by atoms with Crippen molar-refractivity contribution in [3.8, 4) is 0 Å². The van der Waals surface area contributed by atoms with Gasteiger partial charge in [0.05, 0.1) is 0 Å². The van der Waals surface area contributed by atoms with Crippen molar-refractivity contribution in [3.63, 3.8) is 0 Å². The van der Waals surface area contributed by atoms with E-state index in [9.17, 15) is 4.79 Å². The molecule has 2 rings (SSSR count). The summed E-state index contributed by atoms with van der Waals surface area (Å²) in [6.07, 6.45) is 0. The second-order valence-corrected chi connectivity index (χ2v) is 5.29. The lowest BCUT2D eigenvalue weighted by molar-refractivity contribution is 0.241. The molecule has 2 aromatic rings. The van der Waals surface area contributed by atoms with Gasteiger partial charge < -0.3 is 4.90 Å². The number of hydrogen-bond donors (Lipinski definition) is 0. The topological polar surface area (TPSA) is 20.3 Å². The average molecular weight is 237 g/mol. The Balaban J connectivity index is 2.35. The lowest BCUT2D eigenvalue weighted by atomic mass is 10.3. The van der Waals surface area contributed by atoms with E-state index in [1.807, 2.05) is 12.1 Å². The molecule has 0 atom stereocenters. The molecule has 0 aliphatic rings. The lowest BCUT2D eigenvalue weighted by Crippen LogP contribution is -2.15. The molecule has 1 heterocycles. The first kappa shape index (κ1) is 10.5. The van der Waals surface area contributed by atoms with E-state index in [2.05, 4.69) is 17.5 Å². The van der Waals surface area contributed by atoms with E-state index < -0.39 is 0 Å². The number of hydrogen-bond acceptors (Lipinski definition) is 3. The van der Waals surface area contributed by atoms with E-state index in [0.717, 1.165) is 4.90 Å². The fourth-order valence-corrected chi connectivity index (χ4v) is 2.92. The molecule has 1 aromatic heterocycles. The number of thioether (sulfide) groups is 1. The number of nitrogens with zero attached hydrogens (tertiary/aromatic N) is 1. The van der Waals surface area contributed by atoms with Crippen LogP contribution in [-0.2, 0) is 0 Å². The highest BCUT2D eigenvalue weighted by molar-refractivity contribution is 8.13. The Morgan fingerprint density at radius 3 is 2.87 bits per heavy atom. The van der Waals surface area contributed by atoms with Gasteiger partial charge in [-0.2, -0.15) is 0 Å². The van der Waals surface area contributed by atoms with Gasteiger partial charge in [0.1, 0.15) is 0 Å². The molecule has 2 nitrogen and oxygen atoms in total. The number of benzene rings is 1. The molecule has 0 aliphatic heterocycles. The Bertz CT molecular complexity index is 490. The quantitative estimate of drug-likeness (QED) is 0.705. The molecule has 15 heavy (non-hydrogen) atoms. The maximum Gasteiger partial charge on any atom is 0.285 e. The molecule has 0 fully saturated rings. The number of amides is 1. The third-order valence-electron chi connectivity index (χ3n) is 2.02. The number of rotatable bonds is 1. The van der Waals surface area contributed by atoms with Gasteiger partial charge >= 0.3 is 0 Å². The Morgan fingerprint density at radius 2 is 2.13 bits per heavy atom. The molecule has 0 radical (unpaired) electrons. The van der Waals surface area contributed by atoms with Gasteiger partial charge in [0.2, 0.25) is 0 Å². The Hall–Kier alpha value is -1.00. The van der Waals surface area contributed by atoms with Crippen LogP contribution in [0.1, 0.15) is 0 Å². The minimum Gasteiger partial charge on any atom is -0.339 e. The molecular formula is C11H11NOS2. The van der Waals surface area contributed by atoms with Crippen molar-refractivity contribution >= 4 is 38.4 Å². The Labute approximate surface area is 96.9 Å². The molecule has 1 aromatic carbocycles. The molecule has 0 spiro atoms. The summed E-state index contributed by atoms with van der Waals surface area (Å²) in [4.78, 5) is 14.2. The molecule has 0 saturated carbocycles. The summed E-state index contributed by atoms with van der Waals surface area (Å²) in [6.45, 7) is 0. The third kappa shape index (κ3) is 2.16. The summed E-state index contributed by atoms with van der Waals surface area (Å²) in [5, 5.41) is 3.28. The zero-order valence-corrected chi connectivity index (χ0v) is 10.2. The third-order valence-corrected chi connectivity index (χ3v) is 4.02. The van der Waals surface area contributed by atoms with Crippen molar-refractivity contribution in [1.82, 2.24) is 4.90 Å². The molecule has 1 amide bonds. The van der Waals surface area contributed by atoms with Crippen LogP contribution in [0.4, 0.5) is 4.79 Å². The van der Waals surface area contributed by atoms with Crippen molar-refractivity contribution in [2.24, 2.45) is 0 Å². The van der Waals surface area contributed by atoms with Crippen molar-refractivity contribution in [2.75, 3.05) is 14.1 Å². The molecular weight excluding hydrogens is 226 g/mol. The lowest BCUT2D eigenvalue weighted by Gasteiger charge is -2.09. The van der Waals surface area contributed by atoms with Gasteiger partial charge in [-0.3, -0.25) is 4.79 Å². The summed E-state index contributed by atoms with van der Waals surface area (Å²) in [7, 11) is 3.53. The molecule has 0 saturated heterocycles. The SMILES string of the molecule is CN(C)C(=O)Sc1cccc2sccc12. The van der Waals surface area contributed by atoms with E-state index >= 15 is 0 Å². The maximum absolute atomic E-state index is 11.6. The van der Waals surface area contributed by atoms with Crippen LogP contribution < -0.4 is 0 Å². The van der Waals surface area contributed by atoms with Gasteiger partial charge in [-0.15, -0.1) is 11.3 Å². The highest BCUT2D eigenvalue weighted by Gasteiger charge is 2.09. The van der Waals surface area contributed by atoms with Crippen LogP contribution in [0.5, 0.6) is 0 Å². The zero-order valence-electron chi connectivity index (χ0n) is 8.56. The molecule has 78 valence electrons. The minimum atomic E-state index is 0.0636. The monoisotopic (exact) mass is 237 g/mol. The zero-order chi connectivity index (χ0) is 10.8. The summed E-state index contributed by atoms with van der Waals surface area (Å²) in [5.74, 6) is 0. The standard InChI is InChI=1S/C11H11NOS2/c1-12(2)11(13)15-10-5-3-4-9-8(10)6-7-14-9/h3-7H,1-2H3. The van der Waals surface area contributed by atoms with E-state index in [1.54, 1.807) is 30.3 Å². The van der Waals surface area contributed by atoms with Gasteiger partial charge in [0.15, 0.2) is 0 Å². The summed E-state index contributed by atoms with van der Waals surface area (Å²) >= 11 is 2.98. The van der Waals surface area contributed by atoms with Crippen LogP contribution in [0.15, 0.2) is 34.5 Å². The van der Waals surface area contributed by atoms with Gasteiger partial charge in [0, 0.05) is 29.1 Å². The van der Waals surface area contributed by atoms with Crippen LogP contribution in [0.2, 0.25) is 0 Å². The van der Waals surface area contributed by atoms with Gasteiger partial charge in [0.25, 0.3) is 5.24 Å². The van der Waals surface area contributed by atoms with Crippen molar-refractivity contribution in [1.29, 1.82) is 0 Å². The van der Waals surface area contributed by atoms with Crippen molar-refractivity contribution in [3.05, 3.63) is 29.6 Å². The number of carbonyl (C=O) groups excluding carboxylic acids is 1. The summed E-state index contributed by atoms with van der Waals surface area (Å²) in [5.41, 5.74) is 0. The number of thiophene rings is 1. The maximum atomic E-state index is 11.6. The van der Waals surface area contributed by atoms with Gasteiger partial charge in [-0.25, -0.2) is 0 Å². The van der Waals surface area contributed by atoms with E-state index in [4.69, 9.17) is 0 Å².